The fourth-order valence-corrected chi connectivity index (χ4v) is 3.19. The van der Waals surface area contributed by atoms with Gasteiger partial charge in [0.1, 0.15) is 12.4 Å². The molecule has 0 saturated carbocycles. The van der Waals surface area contributed by atoms with Crippen molar-refractivity contribution in [2.45, 2.75) is 46.6 Å². The van der Waals surface area contributed by atoms with Crippen LogP contribution in [-0.2, 0) is 19.4 Å². The maximum absolute atomic E-state index is 12.7. The number of carbonyl (C=O) groups is 1. The van der Waals surface area contributed by atoms with Gasteiger partial charge < -0.3 is 5.32 Å². The molecule has 3 aromatic rings. The van der Waals surface area contributed by atoms with Crippen molar-refractivity contribution in [3.8, 4) is 0 Å². The number of aromatic nitrogens is 6. The molecule has 0 atom stereocenters. The van der Waals surface area contributed by atoms with Crippen LogP contribution in [-0.4, -0.2) is 41.8 Å². The minimum atomic E-state index is -4.47. The molecule has 30 heavy (non-hydrogen) atoms. The minimum absolute atomic E-state index is 0.255. The number of amides is 1. The normalized spacial score (nSPS) is 11.8. The molecular formula is C18H21BrF3N7O. The molecule has 0 aromatic carbocycles. The van der Waals surface area contributed by atoms with Crippen molar-refractivity contribution in [3.05, 3.63) is 51.3 Å². The van der Waals surface area contributed by atoms with Crippen molar-refractivity contribution in [2.24, 2.45) is 0 Å². The van der Waals surface area contributed by atoms with Crippen molar-refractivity contribution in [1.82, 2.24) is 34.7 Å². The van der Waals surface area contributed by atoms with E-state index in [1.807, 2.05) is 13.8 Å². The van der Waals surface area contributed by atoms with Gasteiger partial charge in [0.25, 0.3) is 5.91 Å². The Bertz CT molecular complexity index is 1050. The molecule has 0 unspecified atom stereocenters. The minimum Gasteiger partial charge on any atom is -0.351 e. The van der Waals surface area contributed by atoms with E-state index < -0.39 is 11.9 Å². The standard InChI is InChI=1S/C18H21BrF3N7O/c1-11-9-15(18(20,21)22)26-28(11)7-4-6-23-17(30)14-5-8-27(25-14)10-29-13(3)16(19)12(2)24-29/h5,8-9H,4,6-7,10H2,1-3H3,(H,23,30). The average molecular weight is 488 g/mol. The molecule has 0 spiro atoms. The lowest BCUT2D eigenvalue weighted by atomic mass is 10.3. The van der Waals surface area contributed by atoms with Gasteiger partial charge in [-0.15, -0.1) is 0 Å². The first-order chi connectivity index (χ1) is 14.1. The topological polar surface area (TPSA) is 82.6 Å². The number of aryl methyl sites for hydroxylation is 3. The molecule has 0 fully saturated rings. The Morgan fingerprint density at radius 3 is 2.50 bits per heavy atom. The first-order valence-electron chi connectivity index (χ1n) is 9.19. The number of carbonyl (C=O) groups excluding carboxylic acids is 1. The van der Waals surface area contributed by atoms with E-state index in [1.54, 1.807) is 28.6 Å². The third kappa shape index (κ3) is 4.91. The van der Waals surface area contributed by atoms with Gasteiger partial charge in [0.05, 0.1) is 15.9 Å². The van der Waals surface area contributed by atoms with Gasteiger partial charge in [-0.25, -0.2) is 4.68 Å². The molecule has 12 heteroatoms. The van der Waals surface area contributed by atoms with Gasteiger partial charge in [-0.1, -0.05) is 0 Å². The second-order valence-corrected chi connectivity index (χ2v) is 7.66. The van der Waals surface area contributed by atoms with Gasteiger partial charge >= 0.3 is 6.18 Å². The predicted molar refractivity (Wildman–Crippen MR) is 106 cm³/mol. The predicted octanol–water partition coefficient (Wildman–Crippen LogP) is 3.31. The zero-order valence-corrected chi connectivity index (χ0v) is 18.2. The van der Waals surface area contributed by atoms with Crippen LogP contribution in [0, 0.1) is 20.8 Å². The number of halogens is 4. The van der Waals surface area contributed by atoms with E-state index in [9.17, 15) is 18.0 Å². The molecule has 162 valence electrons. The summed E-state index contributed by atoms with van der Waals surface area (Å²) in [4.78, 5) is 12.3. The Morgan fingerprint density at radius 1 is 1.17 bits per heavy atom. The summed E-state index contributed by atoms with van der Waals surface area (Å²) >= 11 is 3.47. The summed E-state index contributed by atoms with van der Waals surface area (Å²) in [5.74, 6) is -0.350. The number of rotatable bonds is 7. The molecule has 3 aromatic heterocycles. The molecule has 1 amide bonds. The zero-order chi connectivity index (χ0) is 22.1. The van der Waals surface area contributed by atoms with Crippen molar-refractivity contribution in [2.75, 3.05) is 6.54 Å². The van der Waals surface area contributed by atoms with Gasteiger partial charge in [0.15, 0.2) is 5.69 Å². The van der Waals surface area contributed by atoms with Crippen LogP contribution in [0.5, 0.6) is 0 Å². The summed E-state index contributed by atoms with van der Waals surface area (Å²) in [6, 6.07) is 2.61. The van der Waals surface area contributed by atoms with Crippen LogP contribution in [0.1, 0.15) is 39.7 Å². The summed E-state index contributed by atoms with van der Waals surface area (Å²) in [6.07, 6.45) is -2.34. The largest absolute Gasteiger partial charge is 0.435 e. The zero-order valence-electron chi connectivity index (χ0n) is 16.7. The van der Waals surface area contributed by atoms with E-state index in [4.69, 9.17) is 0 Å². The second kappa shape index (κ2) is 8.62. The fraction of sp³-hybridized carbons (Fsp3) is 0.444. The summed E-state index contributed by atoms with van der Waals surface area (Å²) in [5, 5.41) is 14.9. The summed E-state index contributed by atoms with van der Waals surface area (Å²) < 4.78 is 43.7. The van der Waals surface area contributed by atoms with E-state index in [-0.39, 0.29) is 24.7 Å². The number of nitrogens with zero attached hydrogens (tertiary/aromatic N) is 6. The van der Waals surface area contributed by atoms with E-state index in [0.717, 1.165) is 21.9 Å². The lowest BCUT2D eigenvalue weighted by Gasteiger charge is -2.06. The molecule has 3 heterocycles. The first kappa shape index (κ1) is 22.1. The number of nitrogens with one attached hydrogen (secondary N) is 1. The quantitative estimate of drug-likeness (QED) is 0.518. The third-order valence-electron chi connectivity index (χ3n) is 4.55. The van der Waals surface area contributed by atoms with Crippen molar-refractivity contribution in [3.63, 3.8) is 0 Å². The Kier molecular flexibility index (Phi) is 6.34. The summed E-state index contributed by atoms with van der Waals surface area (Å²) in [7, 11) is 0. The Morgan fingerprint density at radius 2 is 1.90 bits per heavy atom. The monoisotopic (exact) mass is 487 g/mol. The van der Waals surface area contributed by atoms with Crippen LogP contribution in [0.2, 0.25) is 0 Å². The molecule has 0 aliphatic rings. The van der Waals surface area contributed by atoms with Crippen LogP contribution in [0.4, 0.5) is 13.2 Å². The number of alkyl halides is 3. The van der Waals surface area contributed by atoms with Crippen LogP contribution < -0.4 is 5.32 Å². The maximum Gasteiger partial charge on any atom is 0.435 e. The van der Waals surface area contributed by atoms with Gasteiger partial charge in [0, 0.05) is 25.0 Å². The van der Waals surface area contributed by atoms with Gasteiger partial charge in [-0.2, -0.15) is 28.5 Å². The summed E-state index contributed by atoms with van der Waals surface area (Å²) in [6.45, 7) is 6.31. The fourth-order valence-electron chi connectivity index (χ4n) is 2.91. The Balaban J connectivity index is 1.50. The van der Waals surface area contributed by atoms with Crippen molar-refractivity contribution < 1.29 is 18.0 Å². The van der Waals surface area contributed by atoms with Crippen LogP contribution in [0.25, 0.3) is 0 Å². The van der Waals surface area contributed by atoms with Gasteiger partial charge in [0.2, 0.25) is 0 Å². The van der Waals surface area contributed by atoms with Crippen LogP contribution >= 0.6 is 15.9 Å². The lowest BCUT2D eigenvalue weighted by molar-refractivity contribution is -0.141. The highest BCUT2D eigenvalue weighted by Gasteiger charge is 2.34. The molecule has 0 aliphatic carbocycles. The van der Waals surface area contributed by atoms with Crippen LogP contribution in [0.15, 0.2) is 22.8 Å². The molecule has 1 N–H and O–H groups in total. The maximum atomic E-state index is 12.7. The molecule has 0 radical (unpaired) electrons. The van der Waals surface area contributed by atoms with Gasteiger partial charge in [-0.05, 0) is 55.3 Å². The SMILES string of the molecule is Cc1nn(Cn2ccc(C(=O)NCCCn3nc(C(F)(F)F)cc3C)n2)c(C)c1Br. The van der Waals surface area contributed by atoms with E-state index in [2.05, 4.69) is 36.5 Å². The highest BCUT2D eigenvalue weighted by molar-refractivity contribution is 9.10. The second-order valence-electron chi connectivity index (χ2n) is 6.87. The molecule has 0 aliphatic heterocycles. The van der Waals surface area contributed by atoms with Gasteiger partial charge in [-0.3, -0.25) is 14.2 Å². The van der Waals surface area contributed by atoms with E-state index in [0.29, 0.717) is 18.8 Å². The highest BCUT2D eigenvalue weighted by atomic mass is 79.9. The first-order valence-corrected chi connectivity index (χ1v) is 9.98. The number of hydrogen-bond acceptors (Lipinski definition) is 4. The Hall–Kier alpha value is -2.63. The van der Waals surface area contributed by atoms with E-state index >= 15 is 0 Å². The molecule has 8 nitrogen and oxygen atoms in total. The lowest BCUT2D eigenvalue weighted by Crippen LogP contribution is -2.26. The average Bonchev–Trinajstić information content (AvgIpc) is 3.35. The van der Waals surface area contributed by atoms with Crippen molar-refractivity contribution >= 4 is 21.8 Å². The number of hydrogen-bond donors (Lipinski definition) is 1. The smallest absolute Gasteiger partial charge is 0.351 e. The van der Waals surface area contributed by atoms with E-state index in [1.165, 1.54) is 4.68 Å². The third-order valence-corrected chi connectivity index (χ3v) is 5.70. The van der Waals surface area contributed by atoms with Crippen molar-refractivity contribution in [1.29, 1.82) is 0 Å². The molecule has 0 bridgehead atoms. The molecular weight excluding hydrogens is 467 g/mol. The highest BCUT2D eigenvalue weighted by Crippen LogP contribution is 2.28. The summed E-state index contributed by atoms with van der Waals surface area (Å²) in [5.41, 5.74) is 1.58. The Labute approximate surface area is 179 Å². The molecule has 3 rings (SSSR count). The molecule has 0 saturated heterocycles. The van der Waals surface area contributed by atoms with Crippen LogP contribution in [0.3, 0.4) is 0 Å².